The van der Waals surface area contributed by atoms with Crippen LogP contribution in [0.4, 0.5) is 11.4 Å². The number of benzene rings is 2. The summed E-state index contributed by atoms with van der Waals surface area (Å²) >= 11 is 0. The summed E-state index contributed by atoms with van der Waals surface area (Å²) in [5.74, 6) is -0.524. The van der Waals surface area contributed by atoms with E-state index in [-0.39, 0.29) is 23.1 Å². The molecule has 24 heavy (non-hydrogen) atoms. The van der Waals surface area contributed by atoms with Gasteiger partial charge in [0.25, 0.3) is 5.91 Å². The fourth-order valence-electron chi connectivity index (χ4n) is 1.99. The second-order valence-electron chi connectivity index (χ2n) is 6.76. The number of hydrogen-bond acceptors (Lipinski definition) is 3. The third kappa shape index (κ3) is 4.35. The molecule has 2 aromatic carbocycles. The Balaban J connectivity index is 2.06. The molecule has 0 radical (unpaired) electrons. The van der Waals surface area contributed by atoms with Crippen LogP contribution in [0.2, 0.25) is 0 Å². The highest BCUT2D eigenvalue weighted by Crippen LogP contribution is 2.22. The molecule has 2 aromatic rings. The normalized spacial score (nSPS) is 11.0. The first-order chi connectivity index (χ1) is 11.2. The first kappa shape index (κ1) is 17.5. The molecule has 5 nitrogen and oxygen atoms in total. The van der Waals surface area contributed by atoms with Crippen LogP contribution in [-0.2, 0) is 4.79 Å². The fourth-order valence-corrected chi connectivity index (χ4v) is 1.99. The molecule has 0 unspecified atom stereocenters. The molecular weight excluding hydrogens is 304 g/mol. The molecular formula is C19H22N2O3. The highest BCUT2D eigenvalue weighted by atomic mass is 16.3. The lowest BCUT2D eigenvalue weighted by atomic mass is 9.95. The van der Waals surface area contributed by atoms with Gasteiger partial charge in [0, 0.05) is 16.8 Å². The Morgan fingerprint density at radius 2 is 1.46 bits per heavy atom. The number of carbonyl (C=O) groups is 2. The first-order valence-electron chi connectivity index (χ1n) is 7.69. The van der Waals surface area contributed by atoms with Crippen molar-refractivity contribution in [3.8, 4) is 5.75 Å². The maximum absolute atomic E-state index is 12.2. The van der Waals surface area contributed by atoms with E-state index in [2.05, 4.69) is 10.6 Å². The van der Waals surface area contributed by atoms with Crippen LogP contribution in [-0.4, -0.2) is 16.9 Å². The van der Waals surface area contributed by atoms with Gasteiger partial charge in [-0.25, -0.2) is 0 Å². The van der Waals surface area contributed by atoms with Crippen LogP contribution in [0.3, 0.4) is 0 Å². The largest absolute Gasteiger partial charge is 0.507 e. The smallest absolute Gasteiger partial charge is 0.259 e. The van der Waals surface area contributed by atoms with Crippen LogP contribution < -0.4 is 10.6 Å². The maximum Gasteiger partial charge on any atom is 0.259 e. The maximum atomic E-state index is 12.2. The summed E-state index contributed by atoms with van der Waals surface area (Å²) in [6.07, 6.45) is 0. The van der Waals surface area contributed by atoms with Gasteiger partial charge >= 0.3 is 0 Å². The molecule has 0 saturated heterocycles. The summed E-state index contributed by atoms with van der Waals surface area (Å²) < 4.78 is 0. The van der Waals surface area contributed by atoms with Crippen LogP contribution in [0.25, 0.3) is 0 Å². The molecule has 0 aromatic heterocycles. The lowest BCUT2D eigenvalue weighted by Crippen LogP contribution is -2.27. The van der Waals surface area contributed by atoms with Crippen molar-refractivity contribution in [1.29, 1.82) is 0 Å². The molecule has 0 aliphatic carbocycles. The van der Waals surface area contributed by atoms with Gasteiger partial charge in [0.15, 0.2) is 0 Å². The predicted molar refractivity (Wildman–Crippen MR) is 95.3 cm³/mol. The highest BCUT2D eigenvalue weighted by Gasteiger charge is 2.21. The SMILES string of the molecule is Cc1ccc(C(=O)Nc2ccc(NC(=O)C(C)(C)C)cc2)c(O)c1. The van der Waals surface area contributed by atoms with Gasteiger partial charge in [0.05, 0.1) is 5.56 Å². The first-order valence-corrected chi connectivity index (χ1v) is 7.69. The van der Waals surface area contributed by atoms with Crippen LogP contribution in [0.5, 0.6) is 5.75 Å². The molecule has 126 valence electrons. The number of aryl methyl sites for hydroxylation is 1. The lowest BCUT2D eigenvalue weighted by Gasteiger charge is -2.17. The van der Waals surface area contributed by atoms with E-state index >= 15 is 0 Å². The Hall–Kier alpha value is -2.82. The zero-order valence-electron chi connectivity index (χ0n) is 14.3. The van der Waals surface area contributed by atoms with Gasteiger partial charge in [-0.2, -0.15) is 0 Å². The second-order valence-corrected chi connectivity index (χ2v) is 6.76. The Kier molecular flexibility index (Phi) is 4.93. The minimum atomic E-state index is -0.476. The number of phenols is 1. The van der Waals surface area contributed by atoms with Crippen LogP contribution >= 0.6 is 0 Å². The molecule has 2 rings (SSSR count). The average molecular weight is 326 g/mol. The Morgan fingerprint density at radius 3 is 1.96 bits per heavy atom. The van der Waals surface area contributed by atoms with E-state index < -0.39 is 5.41 Å². The monoisotopic (exact) mass is 326 g/mol. The van der Waals surface area contributed by atoms with E-state index in [1.54, 1.807) is 42.5 Å². The van der Waals surface area contributed by atoms with Crippen molar-refractivity contribution in [1.82, 2.24) is 0 Å². The van der Waals surface area contributed by atoms with Crippen LogP contribution in [0.15, 0.2) is 42.5 Å². The van der Waals surface area contributed by atoms with Gasteiger partial charge in [-0.05, 0) is 48.9 Å². The van der Waals surface area contributed by atoms with E-state index in [4.69, 9.17) is 0 Å². The van der Waals surface area contributed by atoms with E-state index in [9.17, 15) is 14.7 Å². The van der Waals surface area contributed by atoms with E-state index in [0.717, 1.165) is 5.56 Å². The third-order valence-corrected chi connectivity index (χ3v) is 3.48. The predicted octanol–water partition coefficient (Wildman–Crippen LogP) is 3.94. The number of phenolic OH excluding ortho intramolecular Hbond substituents is 1. The summed E-state index contributed by atoms with van der Waals surface area (Å²) in [5, 5.41) is 15.4. The van der Waals surface area contributed by atoms with E-state index in [0.29, 0.717) is 11.4 Å². The Bertz CT molecular complexity index is 759. The number of anilines is 2. The summed E-state index contributed by atoms with van der Waals surface area (Å²) in [4.78, 5) is 24.1. The fraction of sp³-hybridized carbons (Fsp3) is 0.263. The molecule has 0 aliphatic heterocycles. The van der Waals surface area contributed by atoms with Crippen molar-refractivity contribution >= 4 is 23.2 Å². The van der Waals surface area contributed by atoms with Crippen molar-refractivity contribution in [3.63, 3.8) is 0 Å². The minimum absolute atomic E-state index is 0.0541. The summed E-state index contributed by atoms with van der Waals surface area (Å²) in [6.45, 7) is 7.35. The molecule has 0 saturated carbocycles. The number of carbonyl (C=O) groups excluding carboxylic acids is 2. The standard InChI is InChI=1S/C19H22N2O3/c1-12-5-10-15(16(22)11-12)17(23)20-13-6-8-14(9-7-13)21-18(24)19(2,3)4/h5-11,22H,1-4H3,(H,20,23)(H,21,24). The molecule has 0 atom stereocenters. The Morgan fingerprint density at radius 1 is 0.917 bits per heavy atom. The van der Waals surface area contributed by atoms with Gasteiger partial charge in [-0.15, -0.1) is 0 Å². The molecule has 0 fully saturated rings. The van der Waals surface area contributed by atoms with Gasteiger partial charge in [0.2, 0.25) is 5.91 Å². The molecule has 0 bridgehead atoms. The zero-order chi connectivity index (χ0) is 17.9. The molecule has 5 heteroatoms. The lowest BCUT2D eigenvalue weighted by molar-refractivity contribution is -0.123. The van der Waals surface area contributed by atoms with Crippen molar-refractivity contribution in [2.75, 3.05) is 10.6 Å². The number of nitrogens with one attached hydrogen (secondary N) is 2. The third-order valence-electron chi connectivity index (χ3n) is 3.48. The van der Waals surface area contributed by atoms with Crippen molar-refractivity contribution < 1.29 is 14.7 Å². The van der Waals surface area contributed by atoms with Crippen LogP contribution in [0.1, 0.15) is 36.7 Å². The highest BCUT2D eigenvalue weighted by molar-refractivity contribution is 6.06. The van der Waals surface area contributed by atoms with Crippen molar-refractivity contribution in [2.24, 2.45) is 5.41 Å². The topological polar surface area (TPSA) is 78.4 Å². The van der Waals surface area contributed by atoms with Gasteiger partial charge in [-0.3, -0.25) is 9.59 Å². The van der Waals surface area contributed by atoms with Crippen LogP contribution in [0, 0.1) is 12.3 Å². The van der Waals surface area contributed by atoms with Gasteiger partial charge in [0.1, 0.15) is 5.75 Å². The van der Waals surface area contributed by atoms with E-state index in [1.807, 2.05) is 27.7 Å². The number of rotatable bonds is 3. The molecule has 0 spiro atoms. The molecule has 0 heterocycles. The summed E-state index contributed by atoms with van der Waals surface area (Å²) in [7, 11) is 0. The number of amides is 2. The molecule has 2 amide bonds. The van der Waals surface area contributed by atoms with Crippen molar-refractivity contribution in [3.05, 3.63) is 53.6 Å². The van der Waals surface area contributed by atoms with Gasteiger partial charge in [-0.1, -0.05) is 26.8 Å². The minimum Gasteiger partial charge on any atom is -0.507 e. The van der Waals surface area contributed by atoms with Gasteiger partial charge < -0.3 is 15.7 Å². The molecule has 3 N–H and O–H groups in total. The number of aromatic hydroxyl groups is 1. The summed E-state index contributed by atoms with van der Waals surface area (Å²) in [6, 6.07) is 11.7. The van der Waals surface area contributed by atoms with Crippen molar-refractivity contribution in [2.45, 2.75) is 27.7 Å². The number of hydrogen-bond donors (Lipinski definition) is 3. The average Bonchev–Trinajstić information content (AvgIpc) is 2.48. The zero-order valence-corrected chi connectivity index (χ0v) is 14.3. The van der Waals surface area contributed by atoms with E-state index in [1.165, 1.54) is 0 Å². The Labute approximate surface area is 141 Å². The summed E-state index contributed by atoms with van der Waals surface area (Å²) in [5.41, 5.74) is 1.85. The second kappa shape index (κ2) is 6.74. The quantitative estimate of drug-likeness (QED) is 0.799. The molecule has 0 aliphatic rings.